The van der Waals surface area contributed by atoms with E-state index in [9.17, 15) is 0 Å². The van der Waals surface area contributed by atoms with Crippen LogP contribution in [-0.2, 0) is 0 Å². The predicted octanol–water partition coefficient (Wildman–Crippen LogP) is 10.8. The molecule has 0 radical (unpaired) electrons. The fourth-order valence-electron chi connectivity index (χ4n) is 6.64. The van der Waals surface area contributed by atoms with Crippen LogP contribution in [-0.4, -0.2) is 19.5 Å². The summed E-state index contributed by atoms with van der Waals surface area (Å²) in [7, 11) is 0. The molecule has 0 aliphatic heterocycles. The van der Waals surface area contributed by atoms with Gasteiger partial charge in [-0.2, -0.15) is 0 Å². The Kier molecular flexibility index (Phi) is 6.43. The molecule has 2 heterocycles. The molecule has 0 unspecified atom stereocenters. The first-order valence-corrected chi connectivity index (χ1v) is 15.8. The van der Waals surface area contributed by atoms with Crippen LogP contribution >= 0.6 is 0 Å². The summed E-state index contributed by atoms with van der Waals surface area (Å²) >= 11 is 0. The van der Waals surface area contributed by atoms with Gasteiger partial charge in [-0.1, -0.05) is 152 Å². The van der Waals surface area contributed by atoms with Crippen molar-refractivity contribution < 1.29 is 0 Å². The maximum absolute atomic E-state index is 5.17. The van der Waals surface area contributed by atoms with Gasteiger partial charge in [-0.15, -0.1) is 0 Å². The van der Waals surface area contributed by atoms with Gasteiger partial charge in [-0.3, -0.25) is 0 Å². The second-order valence-corrected chi connectivity index (χ2v) is 11.7. The molecule has 4 heteroatoms. The molecule has 7 aromatic carbocycles. The maximum atomic E-state index is 5.17. The van der Waals surface area contributed by atoms with Gasteiger partial charge in [0.25, 0.3) is 0 Å². The standard InChI is InChI=1S/C43H28N4/c1-4-13-29(14-5-1)30-23-25-33(26-24-30)42-44-41(32-16-6-2-7-17-32)45-43(46-42)37-21-12-22-38-39(37)36-28-27-31-15-10-11-20-35(31)40(36)47(38)34-18-8-3-9-19-34/h1-28H. The number of hydrogen-bond acceptors (Lipinski definition) is 3. The van der Waals surface area contributed by atoms with Crippen molar-refractivity contribution in [2.24, 2.45) is 0 Å². The van der Waals surface area contributed by atoms with Gasteiger partial charge in [0.1, 0.15) is 0 Å². The van der Waals surface area contributed by atoms with Crippen molar-refractivity contribution in [1.29, 1.82) is 0 Å². The van der Waals surface area contributed by atoms with Gasteiger partial charge in [0.2, 0.25) is 0 Å². The average molecular weight is 601 g/mol. The molecule has 0 N–H and O–H groups in total. The van der Waals surface area contributed by atoms with Gasteiger partial charge in [0.15, 0.2) is 17.5 Å². The molecule has 220 valence electrons. The Morgan fingerprint density at radius 1 is 0.362 bits per heavy atom. The van der Waals surface area contributed by atoms with Crippen LogP contribution in [0.4, 0.5) is 0 Å². The van der Waals surface area contributed by atoms with Crippen LogP contribution in [0.15, 0.2) is 170 Å². The summed E-state index contributed by atoms with van der Waals surface area (Å²) in [6.45, 7) is 0. The summed E-state index contributed by atoms with van der Waals surface area (Å²) in [5.41, 5.74) is 8.58. The van der Waals surface area contributed by atoms with E-state index < -0.39 is 0 Å². The molecular weight excluding hydrogens is 573 g/mol. The van der Waals surface area contributed by atoms with Gasteiger partial charge in [0.05, 0.1) is 11.0 Å². The third-order valence-corrected chi connectivity index (χ3v) is 8.85. The molecule has 2 aromatic heterocycles. The first-order valence-electron chi connectivity index (χ1n) is 15.8. The fourth-order valence-corrected chi connectivity index (χ4v) is 6.64. The van der Waals surface area contributed by atoms with Crippen LogP contribution in [0.5, 0.6) is 0 Å². The Balaban J connectivity index is 1.31. The van der Waals surface area contributed by atoms with Gasteiger partial charge in [-0.25, -0.2) is 15.0 Å². The number of rotatable bonds is 5. The lowest BCUT2D eigenvalue weighted by atomic mass is 10.0. The second-order valence-electron chi connectivity index (χ2n) is 11.7. The van der Waals surface area contributed by atoms with Crippen molar-refractivity contribution in [1.82, 2.24) is 19.5 Å². The molecule has 0 fully saturated rings. The molecule has 9 rings (SSSR count). The molecule has 0 saturated carbocycles. The Labute approximate surface area is 272 Å². The van der Waals surface area contributed by atoms with Gasteiger partial charge >= 0.3 is 0 Å². The van der Waals surface area contributed by atoms with Crippen LogP contribution in [0.25, 0.3) is 83.6 Å². The van der Waals surface area contributed by atoms with Crippen LogP contribution in [0, 0.1) is 0 Å². The SMILES string of the molecule is c1ccc(-c2ccc(-c3nc(-c4ccccc4)nc(-c4cccc5c4c4ccc6ccccc6c4n5-c4ccccc4)n3)cc2)cc1. The highest BCUT2D eigenvalue weighted by atomic mass is 15.0. The predicted molar refractivity (Wildman–Crippen MR) is 193 cm³/mol. The van der Waals surface area contributed by atoms with Gasteiger partial charge in [-0.05, 0) is 34.7 Å². The summed E-state index contributed by atoms with van der Waals surface area (Å²) in [6.07, 6.45) is 0. The first kappa shape index (κ1) is 27.0. The van der Waals surface area contributed by atoms with E-state index in [4.69, 9.17) is 15.0 Å². The molecule has 0 bridgehead atoms. The minimum atomic E-state index is 0.641. The van der Waals surface area contributed by atoms with Crippen molar-refractivity contribution in [2.75, 3.05) is 0 Å². The summed E-state index contributed by atoms with van der Waals surface area (Å²) in [5.74, 6) is 1.93. The minimum Gasteiger partial charge on any atom is -0.309 e. The Morgan fingerprint density at radius 2 is 0.915 bits per heavy atom. The van der Waals surface area contributed by atoms with Gasteiger partial charge < -0.3 is 4.57 Å². The zero-order valence-corrected chi connectivity index (χ0v) is 25.5. The summed E-state index contributed by atoms with van der Waals surface area (Å²) in [5, 5.41) is 4.69. The second kappa shape index (κ2) is 11.2. The summed E-state index contributed by atoms with van der Waals surface area (Å²) in [6, 6.07) is 59.1. The zero-order chi connectivity index (χ0) is 31.2. The topological polar surface area (TPSA) is 43.6 Å². The van der Waals surface area contributed by atoms with Crippen LogP contribution in [0.3, 0.4) is 0 Å². The Morgan fingerprint density at radius 3 is 1.64 bits per heavy atom. The minimum absolute atomic E-state index is 0.641. The number of benzene rings is 7. The van der Waals surface area contributed by atoms with Crippen molar-refractivity contribution >= 4 is 32.6 Å². The van der Waals surface area contributed by atoms with E-state index in [-0.39, 0.29) is 0 Å². The van der Waals surface area contributed by atoms with Crippen molar-refractivity contribution in [3.8, 4) is 51.0 Å². The number of para-hydroxylation sites is 1. The normalized spacial score (nSPS) is 11.4. The smallest absolute Gasteiger partial charge is 0.164 e. The van der Waals surface area contributed by atoms with Gasteiger partial charge in [0, 0.05) is 38.5 Å². The van der Waals surface area contributed by atoms with E-state index in [2.05, 4.69) is 150 Å². The van der Waals surface area contributed by atoms with Crippen molar-refractivity contribution in [2.45, 2.75) is 0 Å². The molecule has 0 atom stereocenters. The van der Waals surface area contributed by atoms with E-state index in [1.54, 1.807) is 0 Å². The van der Waals surface area contributed by atoms with Crippen molar-refractivity contribution in [3.05, 3.63) is 170 Å². The highest BCUT2D eigenvalue weighted by molar-refractivity contribution is 6.22. The molecule has 0 aliphatic carbocycles. The summed E-state index contributed by atoms with van der Waals surface area (Å²) < 4.78 is 2.37. The van der Waals surface area contributed by atoms with E-state index >= 15 is 0 Å². The van der Waals surface area contributed by atoms with Crippen LogP contribution < -0.4 is 0 Å². The lowest BCUT2D eigenvalue weighted by molar-refractivity contribution is 1.08. The third-order valence-electron chi connectivity index (χ3n) is 8.85. The molecule has 0 amide bonds. The van der Waals surface area contributed by atoms with E-state index in [0.717, 1.165) is 44.2 Å². The Bertz CT molecular complexity index is 2540. The number of aromatic nitrogens is 4. The average Bonchev–Trinajstić information content (AvgIpc) is 3.51. The molecule has 0 saturated heterocycles. The van der Waals surface area contributed by atoms with Crippen LogP contribution in [0.1, 0.15) is 0 Å². The van der Waals surface area contributed by atoms with E-state index in [1.807, 2.05) is 24.3 Å². The summed E-state index contributed by atoms with van der Waals surface area (Å²) in [4.78, 5) is 15.3. The lowest BCUT2D eigenvalue weighted by Crippen LogP contribution is -2.00. The van der Waals surface area contributed by atoms with E-state index in [1.165, 1.54) is 21.9 Å². The molecular formula is C43H28N4. The zero-order valence-electron chi connectivity index (χ0n) is 25.5. The number of fused-ring (bicyclic) bond motifs is 5. The van der Waals surface area contributed by atoms with E-state index in [0.29, 0.717) is 17.5 Å². The number of nitrogens with zero attached hydrogens (tertiary/aromatic N) is 4. The first-order chi connectivity index (χ1) is 23.3. The fraction of sp³-hybridized carbons (Fsp3) is 0. The molecule has 0 aliphatic rings. The molecule has 0 spiro atoms. The molecule has 9 aromatic rings. The highest BCUT2D eigenvalue weighted by Gasteiger charge is 2.21. The largest absolute Gasteiger partial charge is 0.309 e. The Hall–Kier alpha value is -6.39. The quantitative estimate of drug-likeness (QED) is 0.197. The monoisotopic (exact) mass is 600 g/mol. The molecule has 4 nitrogen and oxygen atoms in total. The highest BCUT2D eigenvalue weighted by Crippen LogP contribution is 2.41. The molecule has 47 heavy (non-hydrogen) atoms. The lowest BCUT2D eigenvalue weighted by Gasteiger charge is -2.11. The van der Waals surface area contributed by atoms with Crippen molar-refractivity contribution in [3.63, 3.8) is 0 Å². The number of hydrogen-bond donors (Lipinski definition) is 0. The third kappa shape index (κ3) is 4.66. The van der Waals surface area contributed by atoms with Crippen LogP contribution in [0.2, 0.25) is 0 Å². The maximum Gasteiger partial charge on any atom is 0.164 e.